The molecule has 1 spiro atoms. The fourth-order valence-corrected chi connectivity index (χ4v) is 3.40. The van der Waals surface area contributed by atoms with Gasteiger partial charge in [0.05, 0.1) is 0 Å². The normalized spacial score (nSPS) is 20.6. The van der Waals surface area contributed by atoms with E-state index in [9.17, 15) is 9.59 Å². The lowest BCUT2D eigenvalue weighted by Crippen LogP contribution is -2.31. The van der Waals surface area contributed by atoms with Crippen LogP contribution in [0.3, 0.4) is 0 Å². The van der Waals surface area contributed by atoms with Gasteiger partial charge in [0.2, 0.25) is 5.91 Å². The summed E-state index contributed by atoms with van der Waals surface area (Å²) in [5.41, 5.74) is 1.55. The van der Waals surface area contributed by atoms with Gasteiger partial charge in [-0.3, -0.25) is 9.59 Å². The molecule has 2 amide bonds. The number of amides is 2. The summed E-state index contributed by atoms with van der Waals surface area (Å²) in [6.07, 6.45) is 4.82. The van der Waals surface area contributed by atoms with E-state index in [0.717, 1.165) is 38.0 Å². The Morgan fingerprint density at radius 2 is 1.92 bits per heavy atom. The molecule has 1 saturated heterocycles. The van der Waals surface area contributed by atoms with Gasteiger partial charge in [0.25, 0.3) is 5.91 Å². The van der Waals surface area contributed by atoms with Gasteiger partial charge in [0, 0.05) is 23.7 Å². The van der Waals surface area contributed by atoms with Crippen LogP contribution in [0.1, 0.15) is 29.6 Å². The number of hydrogen-bond acceptors (Lipinski definition) is 3. The molecule has 130 valence electrons. The molecule has 0 bridgehead atoms. The van der Waals surface area contributed by atoms with Crippen molar-refractivity contribution in [1.82, 2.24) is 10.6 Å². The minimum absolute atomic E-state index is 0. The van der Waals surface area contributed by atoms with Crippen LogP contribution in [-0.2, 0) is 4.79 Å². The van der Waals surface area contributed by atoms with E-state index in [2.05, 4.69) is 22.5 Å². The first-order valence-corrected chi connectivity index (χ1v) is 8.15. The second kappa shape index (κ2) is 7.81. The van der Waals surface area contributed by atoms with Crippen molar-refractivity contribution in [2.75, 3.05) is 25.0 Å². The Balaban J connectivity index is 0.00000208. The molecular formula is C18H24ClN3O2. The van der Waals surface area contributed by atoms with Gasteiger partial charge in [-0.2, -0.15) is 0 Å². The lowest BCUT2D eigenvalue weighted by molar-refractivity contribution is -0.118. The van der Waals surface area contributed by atoms with E-state index >= 15 is 0 Å². The highest BCUT2D eigenvalue weighted by atomic mass is 35.5. The van der Waals surface area contributed by atoms with E-state index in [-0.39, 0.29) is 35.6 Å². The first-order valence-electron chi connectivity index (χ1n) is 8.15. The van der Waals surface area contributed by atoms with Crippen LogP contribution in [0.15, 0.2) is 36.9 Å². The molecule has 0 aromatic heterocycles. The lowest BCUT2D eigenvalue weighted by atomic mass is 9.92. The third kappa shape index (κ3) is 3.97. The number of hydrogen-bond donors (Lipinski definition) is 3. The average Bonchev–Trinajstić information content (AvgIpc) is 3.27. The van der Waals surface area contributed by atoms with Gasteiger partial charge in [0.1, 0.15) is 0 Å². The second-order valence-corrected chi connectivity index (χ2v) is 6.43. The number of rotatable bonds is 5. The van der Waals surface area contributed by atoms with Crippen LogP contribution >= 0.6 is 12.4 Å². The van der Waals surface area contributed by atoms with Crippen LogP contribution in [0, 0.1) is 11.3 Å². The van der Waals surface area contributed by atoms with E-state index in [1.54, 1.807) is 30.3 Å². The van der Waals surface area contributed by atoms with Crippen molar-refractivity contribution >= 4 is 29.9 Å². The lowest BCUT2D eigenvalue weighted by Gasteiger charge is -2.23. The molecule has 1 saturated carbocycles. The Kier molecular flexibility index (Phi) is 6.02. The van der Waals surface area contributed by atoms with Crippen molar-refractivity contribution in [2.24, 2.45) is 11.3 Å². The number of carbonyl (C=O) groups is 2. The summed E-state index contributed by atoms with van der Waals surface area (Å²) < 4.78 is 0. The largest absolute Gasteiger partial charge is 0.349 e. The SMILES string of the molecule is C=CCNC(=O)c1ccc(NC(=O)C2CC23CCNCC3)cc1.Cl. The summed E-state index contributed by atoms with van der Waals surface area (Å²) in [5, 5.41) is 9.05. The van der Waals surface area contributed by atoms with Gasteiger partial charge in [-0.1, -0.05) is 6.08 Å². The van der Waals surface area contributed by atoms with Gasteiger partial charge in [0.15, 0.2) is 0 Å². The van der Waals surface area contributed by atoms with E-state index in [4.69, 9.17) is 0 Å². The van der Waals surface area contributed by atoms with E-state index in [1.807, 2.05) is 0 Å². The van der Waals surface area contributed by atoms with E-state index in [0.29, 0.717) is 12.1 Å². The van der Waals surface area contributed by atoms with Crippen LogP contribution in [0.25, 0.3) is 0 Å². The molecule has 1 heterocycles. The zero-order valence-electron chi connectivity index (χ0n) is 13.6. The third-order valence-corrected chi connectivity index (χ3v) is 4.93. The van der Waals surface area contributed by atoms with Crippen molar-refractivity contribution in [3.63, 3.8) is 0 Å². The molecular weight excluding hydrogens is 326 g/mol. The van der Waals surface area contributed by atoms with Crippen molar-refractivity contribution in [3.05, 3.63) is 42.5 Å². The molecule has 1 unspecified atom stereocenters. The molecule has 24 heavy (non-hydrogen) atoms. The summed E-state index contributed by atoms with van der Waals surface area (Å²) >= 11 is 0. The summed E-state index contributed by atoms with van der Waals surface area (Å²) in [4.78, 5) is 24.2. The number of anilines is 1. The van der Waals surface area contributed by atoms with Crippen molar-refractivity contribution in [2.45, 2.75) is 19.3 Å². The van der Waals surface area contributed by atoms with Gasteiger partial charge in [-0.15, -0.1) is 19.0 Å². The quantitative estimate of drug-likeness (QED) is 0.715. The average molecular weight is 350 g/mol. The predicted molar refractivity (Wildman–Crippen MR) is 97.5 cm³/mol. The number of halogens is 1. The number of nitrogens with one attached hydrogen (secondary N) is 3. The summed E-state index contributed by atoms with van der Waals surface area (Å²) in [5.74, 6) is 0.106. The number of benzene rings is 1. The number of piperidine rings is 1. The highest BCUT2D eigenvalue weighted by Gasteiger charge is 2.57. The Labute approximate surface area is 148 Å². The first kappa shape index (κ1) is 18.5. The summed E-state index contributed by atoms with van der Waals surface area (Å²) in [6, 6.07) is 7.00. The minimum Gasteiger partial charge on any atom is -0.349 e. The maximum Gasteiger partial charge on any atom is 0.251 e. The van der Waals surface area contributed by atoms with Crippen LogP contribution in [0.4, 0.5) is 5.69 Å². The van der Waals surface area contributed by atoms with Crippen molar-refractivity contribution in [1.29, 1.82) is 0 Å². The molecule has 1 aliphatic heterocycles. The Bertz CT molecular complexity index is 609. The van der Waals surface area contributed by atoms with Crippen LogP contribution in [0.2, 0.25) is 0 Å². The molecule has 5 nitrogen and oxygen atoms in total. The fraction of sp³-hybridized carbons (Fsp3) is 0.444. The molecule has 0 radical (unpaired) electrons. The standard InChI is InChI=1S/C18H23N3O2.ClH/c1-2-9-20-16(22)13-3-5-14(6-4-13)21-17(23)15-12-18(15)7-10-19-11-8-18;/h2-6,15,19H,1,7-12H2,(H,20,22)(H,21,23);1H. The van der Waals surface area contributed by atoms with Crippen LogP contribution in [0.5, 0.6) is 0 Å². The molecule has 3 N–H and O–H groups in total. The van der Waals surface area contributed by atoms with Gasteiger partial charge in [-0.25, -0.2) is 0 Å². The van der Waals surface area contributed by atoms with Crippen LogP contribution in [-0.4, -0.2) is 31.4 Å². The molecule has 1 atom stereocenters. The Hall–Kier alpha value is -1.85. The molecule has 1 aliphatic carbocycles. The molecule has 1 aromatic carbocycles. The fourth-order valence-electron chi connectivity index (χ4n) is 3.40. The topological polar surface area (TPSA) is 70.2 Å². The van der Waals surface area contributed by atoms with Crippen molar-refractivity contribution in [3.8, 4) is 0 Å². The highest BCUT2D eigenvalue weighted by molar-refractivity contribution is 5.97. The van der Waals surface area contributed by atoms with Gasteiger partial charge < -0.3 is 16.0 Å². The highest BCUT2D eigenvalue weighted by Crippen LogP contribution is 2.58. The zero-order valence-corrected chi connectivity index (χ0v) is 14.5. The number of carbonyl (C=O) groups excluding carboxylic acids is 2. The minimum atomic E-state index is -0.140. The second-order valence-electron chi connectivity index (χ2n) is 6.43. The van der Waals surface area contributed by atoms with Gasteiger partial charge in [-0.05, 0) is 62.0 Å². The summed E-state index contributed by atoms with van der Waals surface area (Å²) in [7, 11) is 0. The Morgan fingerprint density at radius 1 is 1.25 bits per heavy atom. The van der Waals surface area contributed by atoms with Crippen LogP contribution < -0.4 is 16.0 Å². The maximum absolute atomic E-state index is 12.4. The Morgan fingerprint density at radius 3 is 2.54 bits per heavy atom. The first-order chi connectivity index (χ1) is 11.1. The maximum atomic E-state index is 12.4. The molecule has 2 aliphatic rings. The smallest absolute Gasteiger partial charge is 0.251 e. The molecule has 2 fully saturated rings. The van der Waals surface area contributed by atoms with E-state index < -0.39 is 0 Å². The summed E-state index contributed by atoms with van der Waals surface area (Å²) in [6.45, 7) is 6.03. The predicted octanol–water partition coefficient (Wildman–Crippen LogP) is 2.35. The van der Waals surface area contributed by atoms with E-state index in [1.165, 1.54) is 0 Å². The van der Waals surface area contributed by atoms with Crippen molar-refractivity contribution < 1.29 is 9.59 Å². The zero-order chi connectivity index (χ0) is 16.3. The molecule has 6 heteroatoms. The molecule has 3 rings (SSSR count). The monoisotopic (exact) mass is 349 g/mol. The third-order valence-electron chi connectivity index (χ3n) is 4.93. The van der Waals surface area contributed by atoms with Gasteiger partial charge >= 0.3 is 0 Å². The molecule has 1 aromatic rings.